The third-order valence-corrected chi connectivity index (χ3v) is 5.28. The second-order valence-electron chi connectivity index (χ2n) is 7.00. The molecule has 0 aliphatic rings. The molecule has 4 rings (SSSR count). The Morgan fingerprint density at radius 3 is 1.40 bits per heavy atom. The standard InChI is InChI=1S/C25H18F3NO/c26-25(27,28)21-13-11-20(12-14-21)24(18-7-3-1-4-8-18,19-9-5-2-6-10-19)22-15-16-23(30)29-17-22/h1-17H,(H,29,30). The summed E-state index contributed by atoms with van der Waals surface area (Å²) in [6.07, 6.45) is -2.79. The molecule has 1 aromatic heterocycles. The fourth-order valence-electron chi connectivity index (χ4n) is 3.93. The molecule has 4 aromatic rings. The molecular weight excluding hydrogens is 387 g/mol. The Labute approximate surface area is 171 Å². The summed E-state index contributed by atoms with van der Waals surface area (Å²) in [6.45, 7) is 0. The van der Waals surface area contributed by atoms with Gasteiger partial charge in [0.2, 0.25) is 5.56 Å². The SMILES string of the molecule is O=c1ccc(C(c2ccccc2)(c2ccccc2)c2ccc(C(F)(F)F)cc2)c[nH]1. The summed E-state index contributed by atoms with van der Waals surface area (Å²) >= 11 is 0. The molecule has 2 nitrogen and oxygen atoms in total. The van der Waals surface area contributed by atoms with E-state index < -0.39 is 17.2 Å². The summed E-state index contributed by atoms with van der Waals surface area (Å²) in [4.78, 5) is 14.4. The topological polar surface area (TPSA) is 32.9 Å². The van der Waals surface area contributed by atoms with Gasteiger partial charge in [-0.3, -0.25) is 4.79 Å². The summed E-state index contributed by atoms with van der Waals surface area (Å²) in [5, 5.41) is 0. The van der Waals surface area contributed by atoms with Crippen LogP contribution < -0.4 is 5.56 Å². The first-order valence-electron chi connectivity index (χ1n) is 9.40. The van der Waals surface area contributed by atoms with Gasteiger partial charge in [0.25, 0.3) is 0 Å². The van der Waals surface area contributed by atoms with Crippen molar-refractivity contribution in [2.45, 2.75) is 11.6 Å². The number of aromatic amines is 1. The number of pyridine rings is 1. The van der Waals surface area contributed by atoms with Gasteiger partial charge in [0.1, 0.15) is 0 Å². The van der Waals surface area contributed by atoms with Crippen LogP contribution in [0.15, 0.2) is 108 Å². The van der Waals surface area contributed by atoms with E-state index in [9.17, 15) is 18.0 Å². The van der Waals surface area contributed by atoms with Crippen LogP contribution in [0.5, 0.6) is 0 Å². The lowest BCUT2D eigenvalue weighted by atomic mass is 9.65. The Balaban J connectivity index is 2.08. The van der Waals surface area contributed by atoms with Gasteiger partial charge in [0.05, 0.1) is 11.0 Å². The number of rotatable bonds is 4. The van der Waals surface area contributed by atoms with Crippen molar-refractivity contribution in [2.24, 2.45) is 0 Å². The van der Waals surface area contributed by atoms with Crippen LogP contribution in [0.3, 0.4) is 0 Å². The summed E-state index contributed by atoms with van der Waals surface area (Å²) in [7, 11) is 0. The second-order valence-corrected chi connectivity index (χ2v) is 7.00. The normalized spacial score (nSPS) is 12.0. The summed E-state index contributed by atoms with van der Waals surface area (Å²) < 4.78 is 39.6. The van der Waals surface area contributed by atoms with Gasteiger partial charge in [-0.05, 0) is 34.4 Å². The number of benzene rings is 3. The molecule has 1 N–H and O–H groups in total. The number of halogens is 3. The lowest BCUT2D eigenvalue weighted by Gasteiger charge is -2.36. The van der Waals surface area contributed by atoms with Gasteiger partial charge in [0.15, 0.2) is 0 Å². The maximum atomic E-state index is 13.2. The van der Waals surface area contributed by atoms with Crippen molar-refractivity contribution in [1.82, 2.24) is 4.98 Å². The highest BCUT2D eigenvalue weighted by Crippen LogP contribution is 2.45. The molecule has 0 fully saturated rings. The van der Waals surface area contributed by atoms with E-state index in [1.165, 1.54) is 18.2 Å². The van der Waals surface area contributed by atoms with Gasteiger partial charge >= 0.3 is 6.18 Å². The number of aromatic nitrogens is 1. The van der Waals surface area contributed by atoms with Crippen molar-refractivity contribution in [3.63, 3.8) is 0 Å². The first-order valence-corrected chi connectivity index (χ1v) is 9.40. The first-order chi connectivity index (χ1) is 14.4. The van der Waals surface area contributed by atoms with Crippen LogP contribution in [0.1, 0.15) is 27.8 Å². The number of hydrogen-bond donors (Lipinski definition) is 1. The molecular formula is C25H18F3NO. The number of hydrogen-bond acceptors (Lipinski definition) is 1. The average molecular weight is 405 g/mol. The highest BCUT2D eigenvalue weighted by molar-refractivity contribution is 5.59. The molecule has 0 saturated carbocycles. The summed E-state index contributed by atoms with van der Waals surface area (Å²) in [5.74, 6) is 0. The number of nitrogens with one attached hydrogen (secondary N) is 1. The minimum atomic E-state index is -4.42. The van der Waals surface area contributed by atoms with E-state index in [4.69, 9.17) is 0 Å². The van der Waals surface area contributed by atoms with Gasteiger partial charge in [-0.25, -0.2) is 0 Å². The van der Waals surface area contributed by atoms with E-state index in [0.717, 1.165) is 28.8 Å². The highest BCUT2D eigenvalue weighted by atomic mass is 19.4. The monoisotopic (exact) mass is 405 g/mol. The molecule has 0 radical (unpaired) electrons. The van der Waals surface area contributed by atoms with E-state index in [1.54, 1.807) is 12.3 Å². The summed E-state index contributed by atoms with van der Waals surface area (Å²) in [6, 6.07) is 27.5. The maximum Gasteiger partial charge on any atom is 0.416 e. The third kappa shape index (κ3) is 3.43. The van der Waals surface area contributed by atoms with Crippen molar-refractivity contribution < 1.29 is 13.2 Å². The van der Waals surface area contributed by atoms with Crippen LogP contribution in [0.25, 0.3) is 0 Å². The van der Waals surface area contributed by atoms with Crippen LogP contribution in [-0.4, -0.2) is 4.98 Å². The van der Waals surface area contributed by atoms with Gasteiger partial charge in [0, 0.05) is 12.3 Å². The molecule has 1 heterocycles. The van der Waals surface area contributed by atoms with E-state index in [2.05, 4.69) is 4.98 Å². The van der Waals surface area contributed by atoms with Crippen LogP contribution in [0.4, 0.5) is 13.2 Å². The molecule has 0 spiro atoms. The molecule has 0 atom stereocenters. The van der Waals surface area contributed by atoms with E-state index >= 15 is 0 Å². The Morgan fingerprint density at radius 2 is 0.967 bits per heavy atom. The molecule has 0 amide bonds. The van der Waals surface area contributed by atoms with Crippen molar-refractivity contribution in [3.8, 4) is 0 Å². The Morgan fingerprint density at radius 1 is 0.533 bits per heavy atom. The van der Waals surface area contributed by atoms with Crippen molar-refractivity contribution in [3.05, 3.63) is 141 Å². The average Bonchev–Trinajstić information content (AvgIpc) is 2.77. The highest BCUT2D eigenvalue weighted by Gasteiger charge is 2.39. The second kappa shape index (κ2) is 7.67. The maximum absolute atomic E-state index is 13.2. The zero-order valence-corrected chi connectivity index (χ0v) is 15.9. The molecule has 5 heteroatoms. The van der Waals surface area contributed by atoms with Gasteiger partial charge in [-0.1, -0.05) is 78.9 Å². The van der Waals surface area contributed by atoms with Gasteiger partial charge in [-0.15, -0.1) is 0 Å². The Kier molecular flexibility index (Phi) is 5.04. The molecule has 3 aromatic carbocycles. The summed E-state index contributed by atoms with van der Waals surface area (Å²) in [5.41, 5.74) is 1.31. The van der Waals surface area contributed by atoms with Crippen LogP contribution in [0, 0.1) is 0 Å². The van der Waals surface area contributed by atoms with Gasteiger partial charge < -0.3 is 4.98 Å². The number of alkyl halides is 3. The predicted octanol–water partition coefficient (Wildman–Crippen LogP) is 5.78. The molecule has 0 aliphatic carbocycles. The number of H-pyrrole nitrogens is 1. The third-order valence-electron chi connectivity index (χ3n) is 5.28. The zero-order chi connectivity index (χ0) is 21.2. The van der Waals surface area contributed by atoms with Crippen LogP contribution in [-0.2, 0) is 11.6 Å². The van der Waals surface area contributed by atoms with Crippen molar-refractivity contribution >= 4 is 0 Å². The minimum Gasteiger partial charge on any atom is -0.329 e. The fraction of sp³-hybridized carbons (Fsp3) is 0.0800. The Bertz CT molecular complexity index is 1120. The molecule has 30 heavy (non-hydrogen) atoms. The molecule has 0 saturated heterocycles. The lowest BCUT2D eigenvalue weighted by Crippen LogP contribution is -2.31. The van der Waals surface area contributed by atoms with Gasteiger partial charge in [-0.2, -0.15) is 13.2 Å². The van der Waals surface area contributed by atoms with E-state index in [0.29, 0.717) is 5.56 Å². The minimum absolute atomic E-state index is 0.249. The molecule has 0 aliphatic heterocycles. The zero-order valence-electron chi connectivity index (χ0n) is 15.9. The quantitative estimate of drug-likeness (QED) is 0.429. The smallest absolute Gasteiger partial charge is 0.329 e. The lowest BCUT2D eigenvalue weighted by molar-refractivity contribution is -0.137. The van der Waals surface area contributed by atoms with Crippen LogP contribution in [0.2, 0.25) is 0 Å². The largest absolute Gasteiger partial charge is 0.416 e. The van der Waals surface area contributed by atoms with Crippen LogP contribution >= 0.6 is 0 Å². The first kappa shape index (κ1) is 19.7. The molecule has 150 valence electrons. The fourth-order valence-corrected chi connectivity index (χ4v) is 3.93. The van der Waals surface area contributed by atoms with Crippen molar-refractivity contribution in [1.29, 1.82) is 0 Å². The van der Waals surface area contributed by atoms with E-state index in [1.807, 2.05) is 60.7 Å². The molecule has 0 bridgehead atoms. The predicted molar refractivity (Wildman–Crippen MR) is 110 cm³/mol. The van der Waals surface area contributed by atoms with E-state index in [-0.39, 0.29) is 5.56 Å². The molecule has 0 unspecified atom stereocenters. The van der Waals surface area contributed by atoms with Crippen molar-refractivity contribution in [2.75, 3.05) is 0 Å². The Hall–Kier alpha value is -3.60.